The number of carbonyl (C=O) groups excluding carboxylic acids is 4. The second-order valence-electron chi connectivity index (χ2n) is 20.9. The molecule has 3 aliphatic heterocycles. The van der Waals surface area contributed by atoms with Crippen LogP contribution in [0.1, 0.15) is 195 Å². The fraction of sp³-hybridized carbons (Fsp3) is 0.920. The van der Waals surface area contributed by atoms with E-state index in [0.717, 1.165) is 83.5 Å². The normalized spacial score (nSPS) is 38.5. The van der Waals surface area contributed by atoms with E-state index in [1.165, 1.54) is 83.5 Å². The molecule has 0 aromatic heterocycles. The van der Waals surface area contributed by atoms with Crippen LogP contribution in [0.25, 0.3) is 0 Å². The summed E-state index contributed by atoms with van der Waals surface area (Å²) in [6.45, 7) is 9.02. The topological polar surface area (TPSA) is 74.8 Å². The Hall–Kier alpha value is -1.02. The lowest BCUT2D eigenvalue weighted by Gasteiger charge is -2.69. The number of fused-ring (bicyclic) bond motifs is 6. The second-order valence-corrected chi connectivity index (χ2v) is 23.6. The summed E-state index contributed by atoms with van der Waals surface area (Å²) in [5.41, 5.74) is 0. The molecule has 5 saturated carbocycles. The van der Waals surface area contributed by atoms with E-state index in [1.807, 2.05) is 20.6 Å². The largest absolute Gasteiger partial charge is 0.279 e. The molecule has 8 rings (SSSR count). The van der Waals surface area contributed by atoms with Gasteiger partial charge in [-0.15, -0.1) is 0 Å². The third-order valence-electron chi connectivity index (χ3n) is 17.9. The standard InChI is InChI=1S/C50H80N2O4S2/c1-5-9-13-17-22-31(23-18-14-10-6-2)51-47(53)37-30-36-33-26-21-27-34-39(33)44-43-38(29-28-35(40(36)43)41(37)48(51)54)57-58-46(44)45-42(34)49(55)52(50(45)56)32(24-19-15-11-7-3)25-20-16-12-8-4/h31-46H,5-30H2,1-4H3. The highest BCUT2D eigenvalue weighted by molar-refractivity contribution is 8.77. The van der Waals surface area contributed by atoms with Gasteiger partial charge in [0.1, 0.15) is 0 Å². The zero-order valence-electron chi connectivity index (χ0n) is 37.0. The van der Waals surface area contributed by atoms with Crippen molar-refractivity contribution in [3.05, 3.63) is 0 Å². The Labute approximate surface area is 360 Å². The predicted octanol–water partition coefficient (Wildman–Crippen LogP) is 12.3. The smallest absolute Gasteiger partial charge is 0.234 e. The SMILES string of the molecule is CCCCCCC(CCCCCC)N1C(=O)C2CC3C4CCCC5C6C(=O)N(C(CCCCCC)CCCCCC)C(=O)C6C6SSC7CCC(C2C1=O)C3C7C6C45. The van der Waals surface area contributed by atoms with Gasteiger partial charge in [0.15, 0.2) is 0 Å². The van der Waals surface area contributed by atoms with Crippen LogP contribution in [0.4, 0.5) is 0 Å². The molecular formula is C50H80N2O4S2. The molecule has 3 heterocycles. The maximum atomic E-state index is 15.1. The van der Waals surface area contributed by atoms with Crippen molar-refractivity contribution in [3.8, 4) is 0 Å². The van der Waals surface area contributed by atoms with E-state index >= 15 is 9.59 Å². The van der Waals surface area contributed by atoms with Gasteiger partial charge < -0.3 is 0 Å². The van der Waals surface area contributed by atoms with Crippen molar-refractivity contribution >= 4 is 45.2 Å². The van der Waals surface area contributed by atoms with Crippen LogP contribution < -0.4 is 0 Å². The first-order valence-corrected chi connectivity index (χ1v) is 27.7. The molecule has 0 radical (unpaired) electrons. The summed E-state index contributed by atoms with van der Waals surface area (Å²) < 4.78 is 0. The molecule has 8 fully saturated rings. The van der Waals surface area contributed by atoms with Gasteiger partial charge in [-0.1, -0.05) is 158 Å². The van der Waals surface area contributed by atoms with Gasteiger partial charge in [0.2, 0.25) is 23.6 Å². The fourth-order valence-electron chi connectivity index (χ4n) is 15.6. The average molecular weight is 837 g/mol. The van der Waals surface area contributed by atoms with E-state index in [1.54, 1.807) is 0 Å². The molecule has 14 atom stereocenters. The summed E-state index contributed by atoms with van der Waals surface area (Å²) in [6, 6.07) is 0.115. The van der Waals surface area contributed by atoms with Crippen LogP contribution >= 0.6 is 21.6 Å². The maximum Gasteiger partial charge on any atom is 0.234 e. The second kappa shape index (κ2) is 19.6. The maximum absolute atomic E-state index is 15.1. The van der Waals surface area contributed by atoms with E-state index < -0.39 is 0 Å². The predicted molar refractivity (Wildman–Crippen MR) is 239 cm³/mol. The molecule has 0 bridgehead atoms. The summed E-state index contributed by atoms with van der Waals surface area (Å²) in [5, 5.41) is 0.763. The number of carbonyl (C=O) groups is 4. The minimum Gasteiger partial charge on any atom is -0.279 e. The molecule has 6 nitrogen and oxygen atoms in total. The van der Waals surface area contributed by atoms with Crippen molar-refractivity contribution in [2.75, 3.05) is 0 Å². The van der Waals surface area contributed by atoms with Crippen LogP contribution in [0, 0.1) is 71.0 Å². The molecule has 58 heavy (non-hydrogen) atoms. The number of likely N-dealkylation sites (tertiary alicyclic amines) is 2. The van der Waals surface area contributed by atoms with Gasteiger partial charge in [0, 0.05) is 22.6 Å². The lowest BCUT2D eigenvalue weighted by molar-refractivity contribution is -0.177. The summed E-state index contributed by atoms with van der Waals surface area (Å²) in [7, 11) is 4.09. The number of amides is 4. The molecule has 0 aromatic carbocycles. The fourth-order valence-corrected chi connectivity index (χ4v) is 19.7. The third-order valence-corrected chi connectivity index (χ3v) is 21.3. The van der Waals surface area contributed by atoms with Gasteiger partial charge >= 0.3 is 0 Å². The number of hydrogen-bond acceptors (Lipinski definition) is 6. The van der Waals surface area contributed by atoms with Crippen molar-refractivity contribution < 1.29 is 19.2 Å². The number of nitrogens with zero attached hydrogens (tertiary/aromatic N) is 2. The summed E-state index contributed by atoms with van der Waals surface area (Å²) in [4.78, 5) is 63.8. The van der Waals surface area contributed by atoms with Gasteiger partial charge in [0.25, 0.3) is 0 Å². The Morgan fingerprint density at radius 2 is 0.948 bits per heavy atom. The van der Waals surface area contributed by atoms with Gasteiger partial charge in [-0.2, -0.15) is 0 Å². The van der Waals surface area contributed by atoms with Crippen molar-refractivity contribution in [1.29, 1.82) is 0 Å². The first kappa shape index (κ1) is 43.6. The lowest BCUT2D eigenvalue weighted by atomic mass is 9.39. The average Bonchev–Trinajstić information content (AvgIpc) is 3.65. The van der Waals surface area contributed by atoms with Gasteiger partial charge in [-0.05, 0) is 105 Å². The lowest BCUT2D eigenvalue weighted by Crippen LogP contribution is -2.67. The molecule has 8 aliphatic rings. The Balaban J connectivity index is 1.08. The first-order chi connectivity index (χ1) is 28.4. The molecule has 0 spiro atoms. The van der Waals surface area contributed by atoms with E-state index in [-0.39, 0.29) is 64.6 Å². The molecule has 4 amide bonds. The highest BCUT2D eigenvalue weighted by atomic mass is 33.1. The van der Waals surface area contributed by atoms with Crippen LogP contribution in [-0.2, 0) is 19.2 Å². The zero-order chi connectivity index (χ0) is 40.5. The van der Waals surface area contributed by atoms with E-state index in [0.29, 0.717) is 52.6 Å². The highest BCUT2D eigenvalue weighted by Gasteiger charge is 2.73. The number of imide groups is 2. The molecule has 8 heteroatoms. The minimum atomic E-state index is -0.177. The van der Waals surface area contributed by atoms with Crippen LogP contribution in [0.2, 0.25) is 0 Å². The van der Waals surface area contributed by atoms with Crippen molar-refractivity contribution in [3.63, 3.8) is 0 Å². The van der Waals surface area contributed by atoms with Crippen molar-refractivity contribution in [1.82, 2.24) is 9.80 Å². The molecular weight excluding hydrogens is 757 g/mol. The molecule has 0 N–H and O–H groups in total. The number of unbranched alkanes of at least 4 members (excludes halogenated alkanes) is 12. The van der Waals surface area contributed by atoms with E-state index in [4.69, 9.17) is 0 Å². The van der Waals surface area contributed by atoms with Gasteiger partial charge in [-0.25, -0.2) is 0 Å². The van der Waals surface area contributed by atoms with Crippen molar-refractivity contribution in [2.45, 2.75) is 217 Å². The third kappa shape index (κ3) is 7.84. The van der Waals surface area contributed by atoms with Crippen LogP contribution in [-0.4, -0.2) is 56.0 Å². The quantitative estimate of drug-likeness (QED) is 0.0614. The Bertz CT molecular complexity index is 1430. The van der Waals surface area contributed by atoms with Crippen LogP contribution in [0.3, 0.4) is 0 Å². The van der Waals surface area contributed by atoms with Crippen LogP contribution in [0.15, 0.2) is 0 Å². The van der Waals surface area contributed by atoms with E-state index in [9.17, 15) is 9.59 Å². The molecule has 0 aromatic rings. The Morgan fingerprint density at radius 3 is 1.52 bits per heavy atom. The summed E-state index contributed by atoms with van der Waals surface area (Å²) in [5.74, 6) is 3.68. The Kier molecular flexibility index (Phi) is 14.7. The highest BCUT2D eigenvalue weighted by Crippen LogP contribution is 2.74. The Morgan fingerprint density at radius 1 is 0.466 bits per heavy atom. The molecule has 326 valence electrons. The number of rotatable bonds is 22. The van der Waals surface area contributed by atoms with Crippen LogP contribution in [0.5, 0.6) is 0 Å². The van der Waals surface area contributed by atoms with Gasteiger partial charge in [-0.3, -0.25) is 29.0 Å². The molecule has 3 saturated heterocycles. The van der Waals surface area contributed by atoms with Gasteiger partial charge in [0.05, 0.1) is 23.7 Å². The summed E-state index contributed by atoms with van der Waals surface area (Å²) in [6.07, 6.45) is 29.2. The van der Waals surface area contributed by atoms with Crippen molar-refractivity contribution in [2.24, 2.45) is 71.0 Å². The zero-order valence-corrected chi connectivity index (χ0v) is 38.6. The van der Waals surface area contributed by atoms with E-state index in [2.05, 4.69) is 38.5 Å². The monoisotopic (exact) mass is 837 g/mol. The molecule has 5 aliphatic carbocycles. The number of hydrogen-bond donors (Lipinski definition) is 0. The first-order valence-electron chi connectivity index (χ1n) is 25.4. The molecule has 14 unspecified atom stereocenters. The summed E-state index contributed by atoms with van der Waals surface area (Å²) >= 11 is 0. The minimum absolute atomic E-state index is 0.0535.